The summed E-state index contributed by atoms with van der Waals surface area (Å²) in [5, 5.41) is 20.6. The maximum absolute atomic E-state index is 13.1. The topological polar surface area (TPSA) is 95.8 Å². The molecule has 0 aromatic heterocycles. The number of aliphatic hydroxyl groups excluding tert-OH is 1. The first-order valence-corrected chi connectivity index (χ1v) is 10.9. The number of benzene rings is 2. The van der Waals surface area contributed by atoms with Gasteiger partial charge in [-0.1, -0.05) is 18.2 Å². The lowest BCUT2D eigenvalue weighted by Gasteiger charge is -2.27. The lowest BCUT2D eigenvalue weighted by atomic mass is 10.0. The molecule has 1 saturated heterocycles. The van der Waals surface area contributed by atoms with E-state index in [2.05, 4.69) is 9.69 Å². The molecular weight excluding hydrogens is 463 g/mol. The summed E-state index contributed by atoms with van der Waals surface area (Å²) in [7, 11) is -4.51. The van der Waals surface area contributed by atoms with Gasteiger partial charge in [-0.15, -0.1) is 0 Å². The summed E-state index contributed by atoms with van der Waals surface area (Å²) in [5.74, 6) is 0.259. The molecule has 0 radical (unpaired) electrons. The molecule has 2 aromatic rings. The highest BCUT2D eigenvalue weighted by atomic mass is 32.2. The molecule has 0 saturated carbocycles. The number of aliphatic hydroxyl groups is 2. The Labute approximate surface area is 188 Å². The van der Waals surface area contributed by atoms with Crippen LogP contribution in [-0.2, 0) is 16.2 Å². The second kappa shape index (κ2) is 8.65. The van der Waals surface area contributed by atoms with Gasteiger partial charge in [0.15, 0.2) is 5.69 Å². The number of halogens is 3. The zero-order valence-electron chi connectivity index (χ0n) is 17.2. The van der Waals surface area contributed by atoms with Crippen LogP contribution < -0.4 is 4.74 Å². The third kappa shape index (κ3) is 4.65. The fourth-order valence-electron chi connectivity index (χ4n) is 3.44. The molecule has 1 aliphatic heterocycles. The molecule has 0 spiro atoms. The van der Waals surface area contributed by atoms with E-state index in [0.717, 1.165) is 4.31 Å². The molecule has 0 unspecified atom stereocenters. The Bertz CT molecular complexity index is 1270. The first-order valence-electron chi connectivity index (χ1n) is 9.42. The van der Waals surface area contributed by atoms with Gasteiger partial charge < -0.3 is 14.9 Å². The van der Waals surface area contributed by atoms with Gasteiger partial charge in [-0.25, -0.2) is 18.1 Å². The Kier molecular flexibility index (Phi) is 6.42. The van der Waals surface area contributed by atoms with E-state index in [1.165, 1.54) is 18.2 Å². The predicted molar refractivity (Wildman–Crippen MR) is 110 cm³/mol. The third-order valence-corrected chi connectivity index (χ3v) is 7.13. The van der Waals surface area contributed by atoms with E-state index in [4.69, 9.17) is 17.9 Å². The van der Waals surface area contributed by atoms with Crippen LogP contribution in [0.3, 0.4) is 0 Å². The number of rotatable bonds is 5. The van der Waals surface area contributed by atoms with Crippen LogP contribution in [0, 0.1) is 20.1 Å². The molecule has 2 N–H and O–H groups in total. The Hall–Kier alpha value is -3.16. The highest BCUT2D eigenvalue weighted by Crippen LogP contribution is 2.38. The van der Waals surface area contributed by atoms with Crippen molar-refractivity contribution in [2.24, 2.45) is 0 Å². The van der Waals surface area contributed by atoms with E-state index >= 15 is 0 Å². The summed E-state index contributed by atoms with van der Waals surface area (Å²) in [6.45, 7) is 13.9. The molecule has 12 heteroatoms. The van der Waals surface area contributed by atoms with E-state index < -0.39 is 63.7 Å². The summed E-state index contributed by atoms with van der Waals surface area (Å²) < 4.78 is 71.7. The third-order valence-electron chi connectivity index (χ3n) is 5.27. The van der Waals surface area contributed by atoms with Gasteiger partial charge in [0.05, 0.1) is 31.2 Å². The standard InChI is InChI=1S/C21H18F3N3O5S/c1-13-8-15(25-2)5-6-17(13)32-19-10-27(11-20(19,29)12-28)33(30,31)18-7-4-14(21(22,23)24)9-16(18)26-3/h4-9,19,28-29H,10-12H2,1H3/t19-,20+/m0/s1. The zero-order chi connectivity index (χ0) is 24.6. The first-order chi connectivity index (χ1) is 15.4. The number of hydrogen-bond acceptors (Lipinski definition) is 5. The molecule has 33 heavy (non-hydrogen) atoms. The Morgan fingerprint density at radius 3 is 2.45 bits per heavy atom. The summed E-state index contributed by atoms with van der Waals surface area (Å²) in [6, 6.07) is 6.20. The van der Waals surface area contributed by atoms with Crippen molar-refractivity contribution in [3.63, 3.8) is 0 Å². The highest BCUT2D eigenvalue weighted by molar-refractivity contribution is 7.89. The van der Waals surface area contributed by atoms with Gasteiger partial charge in [-0.05, 0) is 30.7 Å². The van der Waals surface area contributed by atoms with Crippen LogP contribution in [0.4, 0.5) is 24.5 Å². The first kappa shape index (κ1) is 24.5. The molecule has 3 rings (SSSR count). The highest BCUT2D eigenvalue weighted by Gasteiger charge is 2.51. The molecule has 8 nitrogen and oxygen atoms in total. The Morgan fingerprint density at radius 2 is 1.91 bits per heavy atom. The van der Waals surface area contributed by atoms with Gasteiger partial charge in [-0.3, -0.25) is 0 Å². The SMILES string of the molecule is [C-]#[N+]c1ccc(O[C@H]2CN(S(=O)(=O)c3ccc(C(F)(F)F)cc3[N+]#[C-])C[C@@]2(O)CO)c(C)c1. The van der Waals surface area contributed by atoms with E-state index in [1.807, 2.05) is 0 Å². The normalized spacial score (nSPS) is 21.4. The maximum atomic E-state index is 13.1. The maximum Gasteiger partial charge on any atom is 0.415 e. The largest absolute Gasteiger partial charge is 0.486 e. The van der Waals surface area contributed by atoms with Crippen molar-refractivity contribution in [2.75, 3.05) is 19.7 Å². The molecule has 2 atom stereocenters. The van der Waals surface area contributed by atoms with Crippen LogP contribution in [0.2, 0.25) is 0 Å². The van der Waals surface area contributed by atoms with Crippen LogP contribution in [0.15, 0.2) is 41.3 Å². The summed E-state index contributed by atoms with van der Waals surface area (Å²) >= 11 is 0. The monoisotopic (exact) mass is 481 g/mol. The Morgan fingerprint density at radius 1 is 1.21 bits per heavy atom. The van der Waals surface area contributed by atoms with Crippen molar-refractivity contribution in [2.45, 2.75) is 29.7 Å². The number of hydrogen-bond donors (Lipinski definition) is 2. The smallest absolute Gasteiger partial charge is 0.415 e. The quantitative estimate of drug-likeness (QED) is 0.639. The van der Waals surface area contributed by atoms with Gasteiger partial charge in [-0.2, -0.15) is 17.5 Å². The van der Waals surface area contributed by atoms with Crippen LogP contribution in [0.25, 0.3) is 9.69 Å². The van der Waals surface area contributed by atoms with Crippen molar-refractivity contribution < 1.29 is 36.5 Å². The van der Waals surface area contributed by atoms with Gasteiger partial charge >= 0.3 is 6.18 Å². The zero-order valence-corrected chi connectivity index (χ0v) is 18.0. The van der Waals surface area contributed by atoms with Gasteiger partial charge in [0.1, 0.15) is 17.5 Å². The fraction of sp³-hybridized carbons (Fsp3) is 0.333. The molecule has 2 aromatic carbocycles. The fourth-order valence-corrected chi connectivity index (χ4v) is 5.05. The van der Waals surface area contributed by atoms with E-state index in [0.29, 0.717) is 29.4 Å². The van der Waals surface area contributed by atoms with Gasteiger partial charge in [0.25, 0.3) is 0 Å². The van der Waals surface area contributed by atoms with Crippen LogP contribution >= 0.6 is 0 Å². The minimum Gasteiger partial charge on any atom is -0.486 e. The summed E-state index contributed by atoms with van der Waals surface area (Å²) in [5.41, 5.74) is -3.00. The molecule has 0 bridgehead atoms. The predicted octanol–water partition coefficient (Wildman–Crippen LogP) is 3.29. The van der Waals surface area contributed by atoms with Crippen molar-refractivity contribution in [1.82, 2.24) is 4.31 Å². The second-order valence-corrected chi connectivity index (χ2v) is 9.43. The molecule has 0 amide bonds. The minimum atomic E-state index is -4.76. The average Bonchev–Trinajstić information content (AvgIpc) is 3.11. The number of aryl methyl sites for hydroxylation is 1. The molecular formula is C21H18F3N3O5S. The van der Waals surface area contributed by atoms with Gasteiger partial charge in [0.2, 0.25) is 15.7 Å². The molecule has 1 heterocycles. The number of ether oxygens (including phenoxy) is 1. The number of nitrogens with zero attached hydrogens (tertiary/aromatic N) is 3. The second-order valence-electron chi connectivity index (χ2n) is 7.52. The van der Waals surface area contributed by atoms with Crippen LogP contribution in [0.5, 0.6) is 5.75 Å². The van der Waals surface area contributed by atoms with Crippen molar-refractivity contribution in [3.8, 4) is 5.75 Å². The average molecular weight is 481 g/mol. The number of alkyl halides is 3. The molecule has 1 fully saturated rings. The van der Waals surface area contributed by atoms with Gasteiger partial charge in [0, 0.05) is 12.1 Å². The molecule has 0 aliphatic carbocycles. The van der Waals surface area contributed by atoms with Crippen molar-refractivity contribution in [3.05, 3.63) is 70.4 Å². The van der Waals surface area contributed by atoms with Crippen LogP contribution in [-0.4, -0.2) is 54.3 Å². The number of β-amino-alcohol motifs (C(OH)–C–C–N with tert-alkyl or cyclic N) is 1. The van der Waals surface area contributed by atoms with Crippen molar-refractivity contribution >= 4 is 21.4 Å². The van der Waals surface area contributed by atoms with E-state index in [1.54, 1.807) is 6.92 Å². The summed E-state index contributed by atoms with van der Waals surface area (Å²) in [4.78, 5) is 5.57. The van der Waals surface area contributed by atoms with E-state index in [9.17, 15) is 31.8 Å². The molecule has 174 valence electrons. The Balaban J connectivity index is 1.95. The van der Waals surface area contributed by atoms with Crippen LogP contribution in [0.1, 0.15) is 11.1 Å². The van der Waals surface area contributed by atoms with E-state index in [-0.39, 0.29) is 5.75 Å². The lowest BCUT2D eigenvalue weighted by molar-refractivity contribution is -0.137. The number of sulfonamides is 1. The summed E-state index contributed by atoms with van der Waals surface area (Å²) in [6.07, 6.45) is -5.98. The van der Waals surface area contributed by atoms with Crippen molar-refractivity contribution in [1.29, 1.82) is 0 Å². The lowest BCUT2D eigenvalue weighted by Crippen LogP contribution is -2.48. The molecule has 1 aliphatic rings. The minimum absolute atomic E-state index is 0.259.